The van der Waals surface area contributed by atoms with Gasteiger partial charge in [0.15, 0.2) is 5.69 Å². The van der Waals surface area contributed by atoms with Crippen molar-refractivity contribution in [3.05, 3.63) is 82.0 Å². The highest BCUT2D eigenvalue weighted by Crippen LogP contribution is 2.30. The number of ether oxygens (including phenoxy) is 1. The summed E-state index contributed by atoms with van der Waals surface area (Å²) in [6, 6.07) is 20.1. The number of hydrogen-bond acceptors (Lipinski definition) is 5. The van der Waals surface area contributed by atoms with E-state index in [0.717, 1.165) is 22.1 Å². The average Bonchev–Trinajstić information content (AvgIpc) is 2.84. The molecule has 5 rings (SSSR count). The molecule has 0 aliphatic carbocycles. The van der Waals surface area contributed by atoms with E-state index < -0.39 is 0 Å². The SMILES string of the molecule is Bc1cccc(-c2nn(-c3cc(N4CCOCC4)ccc3[N+](=O)O)c(=O)c3ccccc23)c1. The van der Waals surface area contributed by atoms with Gasteiger partial charge in [-0.05, 0) is 18.2 Å². The van der Waals surface area contributed by atoms with Gasteiger partial charge in [-0.15, -0.1) is 0 Å². The van der Waals surface area contributed by atoms with Gasteiger partial charge < -0.3 is 9.64 Å². The van der Waals surface area contributed by atoms with Crippen molar-refractivity contribution in [3.8, 4) is 16.9 Å². The minimum atomic E-state index is -0.371. The van der Waals surface area contributed by atoms with Gasteiger partial charge >= 0.3 is 5.69 Å². The van der Waals surface area contributed by atoms with E-state index in [1.165, 1.54) is 10.7 Å². The van der Waals surface area contributed by atoms with Crippen molar-refractivity contribution in [3.63, 3.8) is 0 Å². The van der Waals surface area contributed by atoms with Gasteiger partial charge in [0.05, 0.1) is 29.2 Å². The molecule has 1 N–H and O–H groups in total. The third kappa shape index (κ3) is 3.87. The largest absolute Gasteiger partial charge is 0.378 e. The van der Waals surface area contributed by atoms with Crippen LogP contribution in [-0.2, 0) is 4.74 Å². The Bertz CT molecular complexity index is 1430. The molecule has 8 nitrogen and oxygen atoms in total. The average molecular weight is 441 g/mol. The van der Waals surface area contributed by atoms with E-state index in [0.29, 0.717) is 37.4 Å². The third-order valence-corrected chi connectivity index (χ3v) is 5.87. The molecule has 0 radical (unpaired) electrons. The Balaban J connectivity index is 1.79. The van der Waals surface area contributed by atoms with Crippen LogP contribution in [0.2, 0.25) is 0 Å². The van der Waals surface area contributed by atoms with Gasteiger partial charge in [0.25, 0.3) is 10.5 Å². The van der Waals surface area contributed by atoms with Crippen LogP contribution >= 0.6 is 0 Å². The van der Waals surface area contributed by atoms with E-state index in [4.69, 9.17) is 9.84 Å². The lowest BCUT2D eigenvalue weighted by molar-refractivity contribution is -0.729. The highest BCUT2D eigenvalue weighted by atomic mass is 16.6. The van der Waals surface area contributed by atoms with E-state index in [9.17, 15) is 14.9 Å². The first-order valence-corrected chi connectivity index (χ1v) is 10.8. The predicted octanol–water partition coefficient (Wildman–Crippen LogP) is 1.95. The van der Waals surface area contributed by atoms with Gasteiger partial charge in [-0.2, -0.15) is 9.78 Å². The molecular weight excluding hydrogens is 419 g/mol. The van der Waals surface area contributed by atoms with Crippen LogP contribution in [0.4, 0.5) is 11.4 Å². The van der Waals surface area contributed by atoms with Crippen molar-refractivity contribution in [1.82, 2.24) is 9.78 Å². The van der Waals surface area contributed by atoms with Crippen LogP contribution in [0.1, 0.15) is 0 Å². The van der Waals surface area contributed by atoms with Gasteiger partial charge in [0.1, 0.15) is 7.85 Å². The summed E-state index contributed by atoms with van der Waals surface area (Å²) in [7, 11) is 1.99. The molecule has 1 saturated heterocycles. The number of aromatic nitrogens is 2. The van der Waals surface area contributed by atoms with Crippen LogP contribution in [0.15, 0.2) is 71.5 Å². The summed E-state index contributed by atoms with van der Waals surface area (Å²) < 4.78 is 6.64. The molecule has 164 valence electrons. The fourth-order valence-electron chi connectivity index (χ4n) is 4.22. The van der Waals surface area contributed by atoms with Crippen LogP contribution in [-0.4, -0.2) is 54.1 Å². The van der Waals surface area contributed by atoms with E-state index in [1.807, 2.05) is 44.2 Å². The van der Waals surface area contributed by atoms with Crippen LogP contribution in [0.25, 0.3) is 27.7 Å². The second-order valence-corrected chi connectivity index (χ2v) is 8.03. The number of hydrogen-bond donors (Lipinski definition) is 1. The Labute approximate surface area is 190 Å². The molecule has 33 heavy (non-hydrogen) atoms. The highest BCUT2D eigenvalue weighted by molar-refractivity contribution is 6.32. The van der Waals surface area contributed by atoms with Crippen molar-refractivity contribution >= 4 is 35.5 Å². The van der Waals surface area contributed by atoms with Gasteiger partial charge in [-0.3, -0.25) is 4.79 Å². The first-order valence-electron chi connectivity index (χ1n) is 10.8. The van der Waals surface area contributed by atoms with Crippen molar-refractivity contribution in [2.75, 3.05) is 31.2 Å². The lowest BCUT2D eigenvalue weighted by atomic mass is 9.93. The molecule has 1 aliphatic rings. The second kappa shape index (κ2) is 8.52. The first-order chi connectivity index (χ1) is 16.0. The number of anilines is 1. The van der Waals surface area contributed by atoms with Crippen molar-refractivity contribution in [2.45, 2.75) is 0 Å². The van der Waals surface area contributed by atoms with Crippen LogP contribution in [0, 0.1) is 4.91 Å². The fourth-order valence-corrected chi connectivity index (χ4v) is 4.22. The number of benzene rings is 3. The summed E-state index contributed by atoms with van der Waals surface area (Å²) in [5, 5.41) is 15.7. The van der Waals surface area contributed by atoms with E-state index in [1.54, 1.807) is 24.3 Å². The topological polar surface area (TPSA) is 87.7 Å². The maximum Gasteiger partial charge on any atom is 0.342 e. The molecule has 1 fully saturated rings. The van der Waals surface area contributed by atoms with E-state index >= 15 is 0 Å². The second-order valence-electron chi connectivity index (χ2n) is 8.03. The molecule has 9 heteroatoms. The number of rotatable bonds is 4. The van der Waals surface area contributed by atoms with Crippen LogP contribution in [0.3, 0.4) is 0 Å². The van der Waals surface area contributed by atoms with Crippen LogP contribution < -0.4 is 15.9 Å². The highest BCUT2D eigenvalue weighted by Gasteiger charge is 2.25. The number of fused-ring (bicyclic) bond motifs is 1. The van der Waals surface area contributed by atoms with E-state index in [2.05, 4.69) is 4.90 Å². The number of nitrogens with zero attached hydrogens (tertiary/aromatic N) is 4. The summed E-state index contributed by atoms with van der Waals surface area (Å²) in [6.45, 7) is 2.56. The Kier molecular flexibility index (Phi) is 5.39. The Morgan fingerprint density at radius 2 is 1.73 bits per heavy atom. The molecule has 1 aromatic heterocycles. The molecule has 0 unspecified atom stereocenters. The Hall–Kier alpha value is -3.98. The van der Waals surface area contributed by atoms with Crippen molar-refractivity contribution < 1.29 is 14.9 Å². The van der Waals surface area contributed by atoms with E-state index in [-0.39, 0.29) is 21.9 Å². The van der Waals surface area contributed by atoms with Gasteiger partial charge in [0.2, 0.25) is 0 Å². The summed E-state index contributed by atoms with van der Waals surface area (Å²) in [5.41, 5.74) is 3.13. The lowest BCUT2D eigenvalue weighted by Crippen LogP contribution is -2.36. The fraction of sp³-hybridized carbons (Fsp3) is 0.167. The molecule has 1 aliphatic heterocycles. The molecule has 0 amide bonds. The zero-order valence-corrected chi connectivity index (χ0v) is 18.1. The summed E-state index contributed by atoms with van der Waals surface area (Å²) in [4.78, 5) is 27.4. The molecular formula is C24H22BN4O4+. The zero-order chi connectivity index (χ0) is 22.9. The van der Waals surface area contributed by atoms with Gasteiger partial charge in [-0.1, -0.05) is 47.9 Å². The summed E-state index contributed by atoms with van der Waals surface area (Å²) in [6.07, 6.45) is 0. The third-order valence-electron chi connectivity index (χ3n) is 5.87. The maximum atomic E-state index is 13.5. The molecule has 3 aromatic carbocycles. The molecule has 0 spiro atoms. The lowest BCUT2D eigenvalue weighted by Gasteiger charge is -2.29. The Morgan fingerprint density at radius 3 is 2.45 bits per heavy atom. The molecule has 2 heterocycles. The molecule has 0 saturated carbocycles. The maximum absolute atomic E-state index is 13.5. The van der Waals surface area contributed by atoms with Crippen LogP contribution in [0.5, 0.6) is 0 Å². The summed E-state index contributed by atoms with van der Waals surface area (Å²) in [5.74, 6) is 0. The monoisotopic (exact) mass is 441 g/mol. The smallest absolute Gasteiger partial charge is 0.342 e. The Morgan fingerprint density at radius 1 is 0.970 bits per heavy atom. The minimum Gasteiger partial charge on any atom is -0.378 e. The van der Waals surface area contributed by atoms with Crippen molar-refractivity contribution in [1.29, 1.82) is 0 Å². The van der Waals surface area contributed by atoms with Crippen molar-refractivity contribution in [2.24, 2.45) is 0 Å². The normalized spacial score (nSPS) is 13.9. The van der Waals surface area contributed by atoms with Gasteiger partial charge in [-0.25, -0.2) is 5.21 Å². The predicted molar refractivity (Wildman–Crippen MR) is 129 cm³/mol. The zero-order valence-electron chi connectivity index (χ0n) is 18.1. The quantitative estimate of drug-likeness (QED) is 0.385. The molecule has 4 aromatic rings. The minimum absolute atomic E-state index is 0.0629. The number of morpholine rings is 1. The summed E-state index contributed by atoms with van der Waals surface area (Å²) >= 11 is 0. The first kappa shape index (κ1) is 20.9. The standard InChI is InChI=1S/C24H22BN4O4/c25-17-5-3-4-16(14-17)23-19-6-1-2-7-20(19)24(30)28(26-23)22-15-18(8-9-21(22)29(31)32)27-10-12-33-13-11-27/h1-9,14-15H,10-13,25H2,(H,31,32)/q+1. The molecule has 0 bridgehead atoms. The van der Waals surface area contributed by atoms with Gasteiger partial charge in [0, 0.05) is 35.8 Å². The molecule has 0 atom stereocenters.